The van der Waals surface area contributed by atoms with Crippen molar-refractivity contribution in [2.24, 2.45) is 0 Å². The second-order valence-electron chi connectivity index (χ2n) is 0. The SMILES string of the molecule is [CH2-]C.[CH2-]C.[Cl-].[Cl-].[Cl-].[Cl-].[Ti+4].[Zn+2]. The van der Waals surface area contributed by atoms with Crippen LogP contribution in [-0.4, -0.2) is 0 Å². The Morgan fingerprint density at radius 2 is 0.600 bits per heavy atom. The first-order chi connectivity index (χ1) is 2.00. The van der Waals surface area contributed by atoms with Crippen molar-refractivity contribution in [3.8, 4) is 0 Å². The van der Waals surface area contributed by atoms with Crippen LogP contribution in [0.3, 0.4) is 0 Å². The van der Waals surface area contributed by atoms with E-state index < -0.39 is 0 Å². The van der Waals surface area contributed by atoms with Crippen LogP contribution in [0.4, 0.5) is 0 Å². The molecule has 6 heteroatoms. The summed E-state index contributed by atoms with van der Waals surface area (Å²) in [5.41, 5.74) is 0. The Kier molecular flexibility index (Phi) is 1660. The van der Waals surface area contributed by atoms with Crippen molar-refractivity contribution >= 4 is 0 Å². The molecule has 0 aromatic rings. The van der Waals surface area contributed by atoms with E-state index in [1.807, 2.05) is 0 Å². The molecule has 0 radical (unpaired) electrons. The molecular weight excluding hydrogens is 303 g/mol. The van der Waals surface area contributed by atoms with Crippen LogP contribution in [0.15, 0.2) is 0 Å². The summed E-state index contributed by atoms with van der Waals surface area (Å²) in [5.74, 6) is 0. The van der Waals surface area contributed by atoms with E-state index in [0.717, 1.165) is 0 Å². The maximum atomic E-state index is 3.25. The van der Waals surface area contributed by atoms with Gasteiger partial charge in [0, 0.05) is 0 Å². The Balaban J connectivity index is -0.000000000833. The Morgan fingerprint density at radius 3 is 0.600 bits per heavy atom. The Labute approximate surface area is 117 Å². The number of rotatable bonds is 0. The van der Waals surface area contributed by atoms with Gasteiger partial charge in [-0.25, -0.2) is 0 Å². The summed E-state index contributed by atoms with van der Waals surface area (Å²) in [4.78, 5) is 0. The molecule has 0 aliphatic rings. The smallest absolute Gasteiger partial charge is 1.00 e. The molecule has 0 N–H and O–H groups in total. The monoisotopic (exact) mass is 310 g/mol. The van der Waals surface area contributed by atoms with Crippen molar-refractivity contribution in [3.63, 3.8) is 0 Å². The van der Waals surface area contributed by atoms with Crippen molar-refractivity contribution in [2.75, 3.05) is 0 Å². The Morgan fingerprint density at radius 1 is 0.600 bits per heavy atom. The molecular formula is C4H10Cl4TiZn. The average molecular weight is 313 g/mol. The van der Waals surface area contributed by atoms with E-state index in [2.05, 4.69) is 13.8 Å². The Bertz CT molecular complexity index is 17.2. The van der Waals surface area contributed by atoms with E-state index in [9.17, 15) is 0 Å². The quantitative estimate of drug-likeness (QED) is 0.308. The van der Waals surface area contributed by atoms with Gasteiger partial charge in [0.15, 0.2) is 0 Å². The van der Waals surface area contributed by atoms with E-state index in [1.165, 1.54) is 0 Å². The average Bonchev–Trinajstić information content (AvgIpc) is 1.50. The van der Waals surface area contributed by atoms with Gasteiger partial charge in [0.2, 0.25) is 0 Å². The van der Waals surface area contributed by atoms with Crippen molar-refractivity contribution in [1.29, 1.82) is 0 Å². The van der Waals surface area contributed by atoms with Gasteiger partial charge in [0.1, 0.15) is 0 Å². The van der Waals surface area contributed by atoms with Crippen LogP contribution in [0.1, 0.15) is 13.8 Å². The third-order valence-corrected chi connectivity index (χ3v) is 0. The summed E-state index contributed by atoms with van der Waals surface area (Å²) in [6.07, 6.45) is 0. The largest absolute Gasteiger partial charge is 4.00 e. The molecule has 60 valence electrons. The zero-order valence-electron chi connectivity index (χ0n) is 6.13. The third kappa shape index (κ3) is 152. The third-order valence-electron chi connectivity index (χ3n) is 0. The number of halogens is 4. The van der Waals surface area contributed by atoms with E-state index in [4.69, 9.17) is 0 Å². The minimum atomic E-state index is 0. The zero-order chi connectivity index (χ0) is 4.00. The van der Waals surface area contributed by atoms with Gasteiger partial charge in [0.05, 0.1) is 0 Å². The summed E-state index contributed by atoms with van der Waals surface area (Å²) in [6, 6.07) is 0. The van der Waals surface area contributed by atoms with Gasteiger partial charge < -0.3 is 63.5 Å². The minimum absolute atomic E-state index is 0. The fourth-order valence-electron chi connectivity index (χ4n) is 0. The fourth-order valence-corrected chi connectivity index (χ4v) is 0. The van der Waals surface area contributed by atoms with Crippen LogP contribution in [0.5, 0.6) is 0 Å². The molecule has 0 bridgehead atoms. The van der Waals surface area contributed by atoms with Crippen molar-refractivity contribution in [3.05, 3.63) is 13.8 Å². The number of hydrogen-bond acceptors (Lipinski definition) is 0. The van der Waals surface area contributed by atoms with Crippen molar-refractivity contribution in [2.45, 2.75) is 13.8 Å². The van der Waals surface area contributed by atoms with Gasteiger partial charge >= 0.3 is 41.2 Å². The molecule has 0 saturated carbocycles. The maximum absolute atomic E-state index is 3.25. The molecule has 0 aromatic heterocycles. The maximum Gasteiger partial charge on any atom is 4.00 e. The molecule has 0 aliphatic carbocycles. The zero-order valence-corrected chi connectivity index (χ0v) is 13.7. The first kappa shape index (κ1) is 81.7. The molecule has 10 heavy (non-hydrogen) atoms. The second-order valence-corrected chi connectivity index (χ2v) is 0. The van der Waals surface area contributed by atoms with Crippen LogP contribution in [0.2, 0.25) is 0 Å². The Hall–Kier alpha value is 2.50. The second kappa shape index (κ2) is 203. The van der Waals surface area contributed by atoms with Crippen LogP contribution >= 0.6 is 0 Å². The molecule has 0 fully saturated rings. The predicted molar refractivity (Wildman–Crippen MR) is 22.1 cm³/mol. The fraction of sp³-hybridized carbons (Fsp3) is 0.500. The molecule has 0 atom stereocenters. The first-order valence-corrected chi connectivity index (χ1v) is 1.41. The molecule has 0 rings (SSSR count). The molecule has 0 aromatic carbocycles. The summed E-state index contributed by atoms with van der Waals surface area (Å²) < 4.78 is 0. The van der Waals surface area contributed by atoms with Crippen LogP contribution in [0, 0.1) is 13.8 Å². The van der Waals surface area contributed by atoms with Crippen LogP contribution in [0.25, 0.3) is 0 Å². The first-order valence-electron chi connectivity index (χ1n) is 1.41. The van der Waals surface area contributed by atoms with Crippen LogP contribution < -0.4 is 49.6 Å². The summed E-state index contributed by atoms with van der Waals surface area (Å²) in [7, 11) is 0. The van der Waals surface area contributed by atoms with E-state index >= 15 is 0 Å². The summed E-state index contributed by atoms with van der Waals surface area (Å²) in [6.45, 7) is 10.0. The van der Waals surface area contributed by atoms with Crippen molar-refractivity contribution in [1.82, 2.24) is 0 Å². The normalized spacial score (nSPS) is 1.20. The van der Waals surface area contributed by atoms with Gasteiger partial charge in [-0.2, -0.15) is 13.8 Å². The molecule has 0 heterocycles. The topological polar surface area (TPSA) is 0 Å². The molecule has 0 unspecified atom stereocenters. The molecule has 0 spiro atoms. The van der Waals surface area contributed by atoms with Crippen molar-refractivity contribution < 1.29 is 90.8 Å². The molecule has 0 nitrogen and oxygen atoms in total. The van der Waals surface area contributed by atoms with Gasteiger partial charge in [-0.15, -0.1) is 0 Å². The van der Waals surface area contributed by atoms with Gasteiger partial charge in [-0.05, 0) is 0 Å². The van der Waals surface area contributed by atoms with E-state index in [1.54, 1.807) is 13.8 Å². The summed E-state index contributed by atoms with van der Waals surface area (Å²) in [5, 5.41) is 0. The number of hydrogen-bond donors (Lipinski definition) is 0. The molecule has 0 saturated heterocycles. The predicted octanol–water partition coefficient (Wildman–Crippen LogP) is -10.3. The standard InChI is InChI=1S/2C2H5.4ClH.Ti.Zn/c2*1-2;;;;;;/h2*1H2,2H3;4*1H;;/q2*-1;;;;;+4;+2/p-4. The summed E-state index contributed by atoms with van der Waals surface area (Å²) >= 11 is 0. The van der Waals surface area contributed by atoms with E-state index in [-0.39, 0.29) is 90.8 Å². The van der Waals surface area contributed by atoms with E-state index in [0.29, 0.717) is 0 Å². The molecule has 0 aliphatic heterocycles. The van der Waals surface area contributed by atoms with Crippen LogP contribution in [-0.2, 0) is 41.2 Å². The van der Waals surface area contributed by atoms with Gasteiger partial charge in [-0.3, -0.25) is 0 Å². The minimum Gasteiger partial charge on any atom is -1.00 e. The van der Waals surface area contributed by atoms with Gasteiger partial charge in [0.25, 0.3) is 0 Å². The van der Waals surface area contributed by atoms with Gasteiger partial charge in [-0.1, -0.05) is 0 Å². The molecule has 0 amide bonds.